The Hall–Kier alpha value is -1.75. The quantitative estimate of drug-likeness (QED) is 0.712. The van der Waals surface area contributed by atoms with E-state index in [0.29, 0.717) is 6.04 Å². The number of nitrogens with zero attached hydrogens (tertiary/aromatic N) is 3. The van der Waals surface area contributed by atoms with Crippen LogP contribution < -0.4 is 0 Å². The Balaban J connectivity index is 1.36. The van der Waals surface area contributed by atoms with Crippen molar-refractivity contribution in [2.75, 3.05) is 26.2 Å². The molecule has 4 rings (SSSR count). The molecule has 0 radical (unpaired) electrons. The van der Waals surface area contributed by atoms with Gasteiger partial charge in [0, 0.05) is 32.2 Å². The SMILES string of the molecule is CC(c1ccccc1)N1CCN(Cc2nc3ccccc3s2)CC1. The molecule has 4 heteroatoms. The molecule has 24 heavy (non-hydrogen) atoms. The number of rotatable bonds is 4. The molecule has 1 aliphatic rings. The van der Waals surface area contributed by atoms with E-state index in [-0.39, 0.29) is 0 Å². The fraction of sp³-hybridized carbons (Fsp3) is 0.350. The van der Waals surface area contributed by atoms with Crippen molar-refractivity contribution in [3.63, 3.8) is 0 Å². The maximum Gasteiger partial charge on any atom is 0.108 e. The lowest BCUT2D eigenvalue weighted by atomic mass is 10.1. The zero-order valence-electron chi connectivity index (χ0n) is 14.1. The standard InChI is InChI=1S/C20H23N3S/c1-16(17-7-3-2-4-8-17)23-13-11-22(12-14-23)15-20-21-18-9-5-6-10-19(18)24-20/h2-10,16H,11-15H2,1H3. The smallest absolute Gasteiger partial charge is 0.108 e. The van der Waals surface area contributed by atoms with Crippen molar-refractivity contribution < 1.29 is 0 Å². The van der Waals surface area contributed by atoms with Gasteiger partial charge >= 0.3 is 0 Å². The average molecular weight is 337 g/mol. The van der Waals surface area contributed by atoms with Crippen molar-refractivity contribution in [3.05, 3.63) is 65.2 Å². The largest absolute Gasteiger partial charge is 0.294 e. The maximum atomic E-state index is 4.77. The molecule has 1 fully saturated rings. The lowest BCUT2D eigenvalue weighted by Crippen LogP contribution is -2.46. The van der Waals surface area contributed by atoms with Gasteiger partial charge in [-0.25, -0.2) is 4.98 Å². The second kappa shape index (κ2) is 7.01. The fourth-order valence-electron chi connectivity index (χ4n) is 3.43. The van der Waals surface area contributed by atoms with Crippen molar-refractivity contribution in [2.24, 2.45) is 0 Å². The van der Waals surface area contributed by atoms with Gasteiger partial charge in [0.05, 0.1) is 16.8 Å². The van der Waals surface area contributed by atoms with Crippen LogP contribution in [-0.2, 0) is 6.54 Å². The Morgan fingerprint density at radius 2 is 1.67 bits per heavy atom. The van der Waals surface area contributed by atoms with E-state index in [4.69, 9.17) is 4.98 Å². The molecule has 0 spiro atoms. The second-order valence-corrected chi connectivity index (χ2v) is 7.59. The van der Waals surface area contributed by atoms with Gasteiger partial charge in [0.25, 0.3) is 0 Å². The van der Waals surface area contributed by atoms with Crippen LogP contribution in [0.4, 0.5) is 0 Å². The summed E-state index contributed by atoms with van der Waals surface area (Å²) in [5.74, 6) is 0. The van der Waals surface area contributed by atoms with Gasteiger partial charge in [-0.1, -0.05) is 42.5 Å². The number of aromatic nitrogens is 1. The molecule has 0 amide bonds. The molecule has 124 valence electrons. The monoisotopic (exact) mass is 337 g/mol. The van der Waals surface area contributed by atoms with E-state index >= 15 is 0 Å². The normalized spacial score (nSPS) is 18.0. The average Bonchev–Trinajstić information content (AvgIpc) is 3.05. The zero-order valence-corrected chi connectivity index (χ0v) is 14.9. The predicted molar refractivity (Wildman–Crippen MR) is 101 cm³/mol. The summed E-state index contributed by atoms with van der Waals surface area (Å²) in [6, 6.07) is 19.7. The van der Waals surface area contributed by atoms with Crippen molar-refractivity contribution in [3.8, 4) is 0 Å². The Morgan fingerprint density at radius 3 is 2.42 bits per heavy atom. The lowest BCUT2D eigenvalue weighted by molar-refractivity contribution is 0.0978. The highest BCUT2D eigenvalue weighted by Crippen LogP contribution is 2.25. The Bertz CT molecular complexity index is 758. The van der Waals surface area contributed by atoms with Gasteiger partial charge in [-0.3, -0.25) is 9.80 Å². The highest BCUT2D eigenvalue weighted by Gasteiger charge is 2.22. The van der Waals surface area contributed by atoms with Crippen LogP contribution in [0.3, 0.4) is 0 Å². The van der Waals surface area contributed by atoms with Crippen molar-refractivity contribution in [1.82, 2.24) is 14.8 Å². The summed E-state index contributed by atoms with van der Waals surface area (Å²) in [6.07, 6.45) is 0. The summed E-state index contributed by atoms with van der Waals surface area (Å²) < 4.78 is 1.30. The van der Waals surface area contributed by atoms with Gasteiger partial charge in [0.2, 0.25) is 0 Å². The minimum Gasteiger partial charge on any atom is -0.294 e. The van der Waals surface area contributed by atoms with Crippen LogP contribution in [0.5, 0.6) is 0 Å². The first-order valence-corrected chi connectivity index (χ1v) is 9.47. The first kappa shape index (κ1) is 15.8. The molecular weight excluding hydrogens is 314 g/mol. The van der Waals surface area contributed by atoms with E-state index in [1.807, 2.05) is 11.3 Å². The van der Waals surface area contributed by atoms with Crippen molar-refractivity contribution in [2.45, 2.75) is 19.5 Å². The third kappa shape index (κ3) is 3.36. The topological polar surface area (TPSA) is 19.4 Å². The van der Waals surface area contributed by atoms with Gasteiger partial charge in [-0.2, -0.15) is 0 Å². The number of hydrogen-bond donors (Lipinski definition) is 0. The van der Waals surface area contributed by atoms with Crippen LogP contribution in [0.1, 0.15) is 23.5 Å². The molecule has 1 saturated heterocycles. The molecule has 0 N–H and O–H groups in total. The Kier molecular flexibility index (Phi) is 4.60. The Morgan fingerprint density at radius 1 is 0.958 bits per heavy atom. The molecule has 0 saturated carbocycles. The number of fused-ring (bicyclic) bond motifs is 1. The van der Waals surface area contributed by atoms with Crippen LogP contribution >= 0.6 is 11.3 Å². The van der Waals surface area contributed by atoms with E-state index in [2.05, 4.69) is 71.3 Å². The van der Waals surface area contributed by atoms with Crippen LogP contribution in [0.25, 0.3) is 10.2 Å². The van der Waals surface area contributed by atoms with E-state index in [1.165, 1.54) is 15.3 Å². The number of benzene rings is 2. The molecular formula is C20H23N3S. The second-order valence-electron chi connectivity index (χ2n) is 6.47. The predicted octanol–water partition coefficient (Wildman–Crippen LogP) is 4.18. The summed E-state index contributed by atoms with van der Waals surface area (Å²) in [7, 11) is 0. The third-order valence-electron chi connectivity index (χ3n) is 4.93. The van der Waals surface area contributed by atoms with E-state index in [9.17, 15) is 0 Å². The number of hydrogen-bond acceptors (Lipinski definition) is 4. The molecule has 3 aromatic rings. The van der Waals surface area contributed by atoms with Crippen molar-refractivity contribution >= 4 is 21.6 Å². The molecule has 3 nitrogen and oxygen atoms in total. The molecule has 1 aliphatic heterocycles. The van der Waals surface area contributed by atoms with Gasteiger partial charge in [-0.05, 0) is 24.6 Å². The number of piperazine rings is 1. The van der Waals surface area contributed by atoms with E-state index < -0.39 is 0 Å². The lowest BCUT2D eigenvalue weighted by Gasteiger charge is -2.38. The summed E-state index contributed by atoms with van der Waals surface area (Å²) in [4.78, 5) is 9.89. The minimum absolute atomic E-state index is 0.496. The van der Waals surface area contributed by atoms with Gasteiger partial charge in [0.1, 0.15) is 5.01 Å². The number of para-hydroxylation sites is 1. The van der Waals surface area contributed by atoms with Gasteiger partial charge in [-0.15, -0.1) is 11.3 Å². The third-order valence-corrected chi connectivity index (χ3v) is 5.95. The summed E-state index contributed by atoms with van der Waals surface area (Å²) in [6.45, 7) is 7.79. The molecule has 2 aromatic carbocycles. The van der Waals surface area contributed by atoms with E-state index in [0.717, 1.165) is 38.2 Å². The molecule has 0 bridgehead atoms. The number of thiazole rings is 1. The Labute approximate surface area is 147 Å². The van der Waals surface area contributed by atoms with Crippen molar-refractivity contribution in [1.29, 1.82) is 0 Å². The van der Waals surface area contributed by atoms with Gasteiger partial charge < -0.3 is 0 Å². The highest BCUT2D eigenvalue weighted by atomic mass is 32.1. The van der Waals surface area contributed by atoms with Crippen LogP contribution in [0, 0.1) is 0 Å². The molecule has 2 heterocycles. The summed E-state index contributed by atoms with van der Waals surface area (Å²) in [5, 5.41) is 1.24. The van der Waals surface area contributed by atoms with Crippen LogP contribution in [0.15, 0.2) is 54.6 Å². The zero-order chi connectivity index (χ0) is 16.4. The van der Waals surface area contributed by atoms with Crippen LogP contribution in [-0.4, -0.2) is 41.0 Å². The van der Waals surface area contributed by atoms with E-state index in [1.54, 1.807) is 0 Å². The molecule has 1 atom stereocenters. The minimum atomic E-state index is 0.496. The fourth-order valence-corrected chi connectivity index (χ4v) is 4.44. The van der Waals surface area contributed by atoms with Gasteiger partial charge in [0.15, 0.2) is 0 Å². The van der Waals surface area contributed by atoms with Crippen LogP contribution in [0.2, 0.25) is 0 Å². The first-order valence-electron chi connectivity index (χ1n) is 8.65. The molecule has 1 unspecified atom stereocenters. The highest BCUT2D eigenvalue weighted by molar-refractivity contribution is 7.18. The summed E-state index contributed by atoms with van der Waals surface area (Å²) >= 11 is 1.83. The maximum absolute atomic E-state index is 4.77. The first-order chi connectivity index (χ1) is 11.8. The summed E-state index contributed by atoms with van der Waals surface area (Å²) in [5.41, 5.74) is 2.55. The molecule has 0 aliphatic carbocycles. The molecule has 1 aromatic heterocycles.